The summed E-state index contributed by atoms with van der Waals surface area (Å²) in [6.07, 6.45) is 10.0. The van der Waals surface area contributed by atoms with Crippen LogP contribution in [-0.4, -0.2) is 28.4 Å². The summed E-state index contributed by atoms with van der Waals surface area (Å²) in [5.41, 5.74) is 11.0. The van der Waals surface area contributed by atoms with Crippen LogP contribution in [0.15, 0.2) is 96.7 Å². The highest BCUT2D eigenvalue weighted by Gasteiger charge is 2.20. The number of pyridine rings is 4. The van der Waals surface area contributed by atoms with Gasteiger partial charge in [0, 0.05) is 54.7 Å². The fraction of sp³-hybridized carbons (Fsp3) is 0.0400. The lowest BCUT2D eigenvalue weighted by molar-refractivity contribution is 0.581. The molecule has 8 nitrogen and oxygen atoms in total. The van der Waals surface area contributed by atoms with E-state index in [0.29, 0.717) is 5.56 Å². The highest BCUT2D eigenvalue weighted by Crippen LogP contribution is 2.32. The minimum atomic E-state index is -3.90. The molecule has 0 aliphatic rings. The molecular weight excluding hydrogens is 448 g/mol. The zero-order chi connectivity index (χ0) is 23.5. The van der Waals surface area contributed by atoms with E-state index in [4.69, 9.17) is 5.73 Å². The number of nitrogens with zero attached hydrogens (tertiary/aromatic N) is 4. The van der Waals surface area contributed by atoms with Crippen LogP contribution in [0.3, 0.4) is 0 Å². The molecule has 0 bridgehead atoms. The molecule has 0 saturated heterocycles. The van der Waals surface area contributed by atoms with Gasteiger partial charge in [0.25, 0.3) is 0 Å². The van der Waals surface area contributed by atoms with Gasteiger partial charge in [-0.3, -0.25) is 15.0 Å². The monoisotopic (exact) mass is 468 g/mol. The summed E-state index contributed by atoms with van der Waals surface area (Å²) < 4.78 is 28.6. The van der Waals surface area contributed by atoms with Crippen LogP contribution in [0, 0.1) is 0 Å². The molecule has 1 aromatic carbocycles. The van der Waals surface area contributed by atoms with Crippen molar-refractivity contribution in [2.75, 3.05) is 5.73 Å². The fourth-order valence-electron chi connectivity index (χ4n) is 3.70. The average molecular weight is 469 g/mol. The first-order valence-corrected chi connectivity index (χ1v) is 11.9. The Balaban J connectivity index is 1.53. The highest BCUT2D eigenvalue weighted by atomic mass is 32.2. The molecule has 0 spiro atoms. The highest BCUT2D eigenvalue weighted by molar-refractivity contribution is 7.89. The second-order valence-corrected chi connectivity index (χ2v) is 9.35. The number of benzene rings is 1. The third-order valence-corrected chi connectivity index (χ3v) is 6.86. The first-order valence-electron chi connectivity index (χ1n) is 10.4. The Bertz CT molecular complexity index is 1580. The molecule has 0 fully saturated rings. The van der Waals surface area contributed by atoms with Gasteiger partial charge in [-0.25, -0.2) is 18.1 Å². The number of aromatic nitrogens is 4. The van der Waals surface area contributed by atoms with Crippen LogP contribution in [-0.2, 0) is 16.6 Å². The van der Waals surface area contributed by atoms with E-state index in [1.54, 1.807) is 49.3 Å². The lowest BCUT2D eigenvalue weighted by Gasteiger charge is -2.12. The topological polar surface area (TPSA) is 124 Å². The summed E-state index contributed by atoms with van der Waals surface area (Å²) >= 11 is 0. The number of rotatable bonds is 6. The van der Waals surface area contributed by atoms with Crippen molar-refractivity contribution in [3.05, 3.63) is 97.3 Å². The Kier molecular flexibility index (Phi) is 5.70. The molecule has 34 heavy (non-hydrogen) atoms. The van der Waals surface area contributed by atoms with Gasteiger partial charge in [-0.1, -0.05) is 12.1 Å². The van der Waals surface area contributed by atoms with Gasteiger partial charge in [0.2, 0.25) is 10.0 Å². The molecule has 0 unspecified atom stereocenters. The number of sulfonamides is 1. The van der Waals surface area contributed by atoms with Crippen molar-refractivity contribution in [1.29, 1.82) is 0 Å². The van der Waals surface area contributed by atoms with Crippen molar-refractivity contribution in [2.24, 2.45) is 0 Å². The van der Waals surface area contributed by atoms with Gasteiger partial charge in [-0.15, -0.1) is 0 Å². The van der Waals surface area contributed by atoms with Crippen LogP contribution in [0.5, 0.6) is 0 Å². The van der Waals surface area contributed by atoms with Gasteiger partial charge in [-0.2, -0.15) is 0 Å². The average Bonchev–Trinajstić information content (AvgIpc) is 2.88. The van der Waals surface area contributed by atoms with Gasteiger partial charge in [0.15, 0.2) is 0 Å². The van der Waals surface area contributed by atoms with Crippen LogP contribution < -0.4 is 10.5 Å². The van der Waals surface area contributed by atoms with E-state index in [0.717, 1.165) is 33.2 Å². The van der Waals surface area contributed by atoms with Gasteiger partial charge in [0.05, 0.1) is 5.52 Å². The zero-order valence-electron chi connectivity index (χ0n) is 18.0. The van der Waals surface area contributed by atoms with Crippen LogP contribution in [0.25, 0.3) is 33.2 Å². The second kappa shape index (κ2) is 8.97. The summed E-state index contributed by atoms with van der Waals surface area (Å²) in [4.78, 5) is 16.6. The van der Waals surface area contributed by atoms with Crippen molar-refractivity contribution in [1.82, 2.24) is 24.7 Å². The number of nitrogen functional groups attached to an aromatic ring is 1. The van der Waals surface area contributed by atoms with E-state index in [-0.39, 0.29) is 17.3 Å². The maximum atomic E-state index is 13.0. The molecule has 168 valence electrons. The van der Waals surface area contributed by atoms with Crippen LogP contribution in [0.4, 0.5) is 5.82 Å². The Hall–Kier alpha value is -4.21. The van der Waals surface area contributed by atoms with Crippen LogP contribution >= 0.6 is 0 Å². The molecule has 9 heteroatoms. The smallest absolute Gasteiger partial charge is 0.244 e. The van der Waals surface area contributed by atoms with Crippen molar-refractivity contribution >= 4 is 26.7 Å². The fourth-order valence-corrected chi connectivity index (χ4v) is 4.82. The predicted molar refractivity (Wildman–Crippen MR) is 131 cm³/mol. The largest absolute Gasteiger partial charge is 0.383 e. The molecular formula is C25H20N6O2S. The maximum absolute atomic E-state index is 13.0. The van der Waals surface area contributed by atoms with E-state index in [1.807, 2.05) is 36.4 Å². The number of hydrogen-bond acceptors (Lipinski definition) is 7. The standard InChI is InChI=1S/C25H20N6O2S/c26-25-24(34(32,33)31-15-17-2-1-8-28-14-17)13-20(16-30-25)19-3-4-23-22(12-19)21(7-11-29-23)18-5-9-27-10-6-18/h1-14,16,31H,15H2,(H2,26,30). The predicted octanol–water partition coefficient (Wildman–Crippen LogP) is 3.81. The lowest BCUT2D eigenvalue weighted by Crippen LogP contribution is -2.24. The molecule has 0 radical (unpaired) electrons. The Labute approximate surface area is 196 Å². The molecule has 5 aromatic rings. The molecule has 4 heterocycles. The SMILES string of the molecule is Nc1ncc(-c2ccc3nccc(-c4ccncc4)c3c2)cc1S(=O)(=O)NCc1cccnc1. The van der Waals surface area contributed by atoms with E-state index in [9.17, 15) is 8.42 Å². The van der Waals surface area contributed by atoms with Crippen LogP contribution in [0.1, 0.15) is 5.56 Å². The first-order chi connectivity index (χ1) is 16.5. The molecule has 3 N–H and O–H groups in total. The quantitative estimate of drug-likeness (QED) is 0.388. The summed E-state index contributed by atoms with van der Waals surface area (Å²) in [6.45, 7) is 0.0940. The molecule has 4 aromatic heterocycles. The third kappa shape index (κ3) is 4.34. The zero-order valence-corrected chi connectivity index (χ0v) is 18.8. The Morgan fingerprint density at radius 3 is 2.44 bits per heavy atom. The van der Waals surface area contributed by atoms with Crippen molar-refractivity contribution in [3.63, 3.8) is 0 Å². The molecule has 0 aliphatic heterocycles. The number of nitrogens with one attached hydrogen (secondary N) is 1. The number of hydrogen-bond donors (Lipinski definition) is 2. The van der Waals surface area contributed by atoms with E-state index >= 15 is 0 Å². The van der Waals surface area contributed by atoms with Gasteiger partial charge < -0.3 is 5.73 Å². The minimum absolute atomic E-state index is 0.0673. The summed E-state index contributed by atoms with van der Waals surface area (Å²) in [6, 6.07) is 16.7. The van der Waals surface area contributed by atoms with E-state index in [1.165, 1.54) is 6.07 Å². The second-order valence-electron chi connectivity index (χ2n) is 7.62. The summed E-state index contributed by atoms with van der Waals surface area (Å²) in [5.74, 6) is -0.0673. The molecule has 0 aliphatic carbocycles. The molecule has 0 saturated carbocycles. The summed E-state index contributed by atoms with van der Waals surface area (Å²) in [7, 11) is -3.90. The minimum Gasteiger partial charge on any atom is -0.383 e. The number of nitrogens with two attached hydrogens (primary N) is 1. The van der Waals surface area contributed by atoms with Crippen molar-refractivity contribution < 1.29 is 8.42 Å². The summed E-state index contributed by atoms with van der Waals surface area (Å²) in [5, 5.41) is 0.933. The van der Waals surface area contributed by atoms with Gasteiger partial charge in [-0.05, 0) is 64.7 Å². The Morgan fingerprint density at radius 2 is 1.65 bits per heavy atom. The number of anilines is 1. The van der Waals surface area contributed by atoms with E-state index in [2.05, 4.69) is 24.7 Å². The first kappa shape index (κ1) is 21.6. The van der Waals surface area contributed by atoms with Gasteiger partial charge in [0.1, 0.15) is 10.7 Å². The van der Waals surface area contributed by atoms with Crippen molar-refractivity contribution in [2.45, 2.75) is 11.4 Å². The lowest BCUT2D eigenvalue weighted by atomic mass is 9.98. The van der Waals surface area contributed by atoms with Crippen LogP contribution in [0.2, 0.25) is 0 Å². The third-order valence-electron chi connectivity index (χ3n) is 5.43. The van der Waals surface area contributed by atoms with Gasteiger partial charge >= 0.3 is 0 Å². The van der Waals surface area contributed by atoms with Crippen molar-refractivity contribution in [3.8, 4) is 22.3 Å². The molecule has 0 atom stereocenters. The van der Waals surface area contributed by atoms with E-state index < -0.39 is 10.0 Å². The number of fused-ring (bicyclic) bond motifs is 1. The normalized spacial score (nSPS) is 11.5. The molecule has 5 rings (SSSR count). The maximum Gasteiger partial charge on any atom is 0.244 e. The molecule has 0 amide bonds. The Morgan fingerprint density at radius 1 is 0.794 bits per heavy atom.